The molecule has 0 atom stereocenters. The summed E-state index contributed by atoms with van der Waals surface area (Å²) in [7, 11) is 0. The summed E-state index contributed by atoms with van der Waals surface area (Å²) in [4.78, 5) is 12.5. The minimum atomic E-state index is -0.473. The van der Waals surface area contributed by atoms with Crippen molar-refractivity contribution in [3.63, 3.8) is 0 Å². The van der Waals surface area contributed by atoms with Crippen LogP contribution in [-0.2, 0) is 11.2 Å². The molecule has 0 radical (unpaired) electrons. The number of phenolic OH excluding ortho intramolecular Hbond substituents is 2. The number of hydrogen-bond donors (Lipinski definition) is 2. The molecule has 0 unspecified atom stereocenters. The van der Waals surface area contributed by atoms with Gasteiger partial charge in [0.25, 0.3) is 0 Å². The van der Waals surface area contributed by atoms with E-state index < -0.39 is 5.97 Å². The average Bonchev–Trinajstić information content (AvgIpc) is 3.05. The minimum absolute atomic E-state index is 0.122. The molecule has 0 saturated carbocycles. The molecule has 2 aromatic rings. The Morgan fingerprint density at radius 3 is 1.71 bits per heavy atom. The molecule has 0 aliphatic heterocycles. The molecular weight excluding hydrogens is 616 g/mol. The highest BCUT2D eigenvalue weighted by atomic mass is 35.5. The van der Waals surface area contributed by atoms with Gasteiger partial charge in [-0.05, 0) is 67.6 Å². The van der Waals surface area contributed by atoms with Crippen molar-refractivity contribution in [1.29, 1.82) is 0 Å². The molecule has 0 aromatic heterocycles. The zero-order chi connectivity index (χ0) is 34.8. The Morgan fingerprint density at radius 2 is 1.17 bits per heavy atom. The Balaban J connectivity index is 1.69. The number of unbranched alkanes of at least 4 members (excludes halogenated alkanes) is 9. The van der Waals surface area contributed by atoms with Gasteiger partial charge in [0.15, 0.2) is 0 Å². The molecule has 0 aliphatic carbocycles. The molecule has 2 aromatic carbocycles. The van der Waals surface area contributed by atoms with Gasteiger partial charge < -0.3 is 14.9 Å². The minimum Gasteiger partial charge on any atom is -0.508 e. The molecule has 4 nitrogen and oxygen atoms in total. The number of phenols is 2. The summed E-state index contributed by atoms with van der Waals surface area (Å²) in [5.41, 5.74) is 3.23. The fraction of sp³-hybridized carbons (Fsp3) is 0.326. The van der Waals surface area contributed by atoms with Gasteiger partial charge in [-0.1, -0.05) is 167 Å². The first-order chi connectivity index (χ1) is 23.3. The van der Waals surface area contributed by atoms with E-state index in [2.05, 4.69) is 6.92 Å². The van der Waals surface area contributed by atoms with Crippen LogP contribution in [0.15, 0.2) is 115 Å². The number of allylic oxidation sites excluding steroid dienone is 14. The molecule has 0 amide bonds. The quantitative estimate of drug-likeness (QED) is 0.0457. The van der Waals surface area contributed by atoms with E-state index in [4.69, 9.17) is 16.3 Å². The first kappa shape index (κ1) is 39.9. The van der Waals surface area contributed by atoms with Gasteiger partial charge in [-0.2, -0.15) is 0 Å². The molecule has 0 heterocycles. The summed E-state index contributed by atoms with van der Waals surface area (Å²) in [5, 5.41) is 20.6. The number of esters is 1. The van der Waals surface area contributed by atoms with E-state index in [0.717, 1.165) is 29.5 Å². The van der Waals surface area contributed by atoms with Crippen LogP contribution in [0, 0.1) is 13.8 Å². The van der Waals surface area contributed by atoms with Crippen LogP contribution in [-0.4, -0.2) is 16.2 Å². The molecule has 5 heteroatoms. The van der Waals surface area contributed by atoms with Crippen molar-refractivity contribution >= 4 is 23.6 Å². The SMILES string of the molecule is CCCCCCCCCCCCc1c(O)cc(C)cc1OC(=O)C=CC=CC=CC=CC=CC=CC=CC=Cc1cc(C)c(O)c(Cl)c1. The van der Waals surface area contributed by atoms with Crippen molar-refractivity contribution in [3.8, 4) is 17.2 Å². The third-order valence-electron chi connectivity index (χ3n) is 7.56. The predicted octanol–water partition coefficient (Wildman–Crippen LogP) is 12.3. The Labute approximate surface area is 293 Å². The largest absolute Gasteiger partial charge is 0.508 e. The van der Waals surface area contributed by atoms with E-state index >= 15 is 0 Å². The van der Waals surface area contributed by atoms with Crippen molar-refractivity contribution < 1.29 is 19.7 Å². The van der Waals surface area contributed by atoms with Crippen molar-refractivity contribution in [3.05, 3.63) is 143 Å². The van der Waals surface area contributed by atoms with Gasteiger partial charge in [0.2, 0.25) is 0 Å². The van der Waals surface area contributed by atoms with Crippen molar-refractivity contribution in [1.82, 2.24) is 0 Å². The predicted molar refractivity (Wildman–Crippen MR) is 205 cm³/mol. The second kappa shape index (κ2) is 24.8. The van der Waals surface area contributed by atoms with Gasteiger partial charge in [0.1, 0.15) is 17.2 Å². The summed E-state index contributed by atoms with van der Waals surface area (Å²) < 4.78 is 5.62. The van der Waals surface area contributed by atoms with Crippen LogP contribution in [0.1, 0.15) is 93.4 Å². The van der Waals surface area contributed by atoms with Gasteiger partial charge in [-0.25, -0.2) is 4.79 Å². The first-order valence-corrected chi connectivity index (χ1v) is 17.6. The smallest absolute Gasteiger partial charge is 0.336 e. The molecule has 48 heavy (non-hydrogen) atoms. The summed E-state index contributed by atoms with van der Waals surface area (Å²) in [6, 6.07) is 7.15. The normalized spacial score (nSPS) is 12.7. The molecule has 2 N–H and O–H groups in total. The molecule has 256 valence electrons. The van der Waals surface area contributed by atoms with Gasteiger partial charge >= 0.3 is 5.97 Å². The lowest BCUT2D eigenvalue weighted by atomic mass is 10.0. The molecule has 0 bridgehead atoms. The number of aromatic hydroxyl groups is 2. The Morgan fingerprint density at radius 1 is 0.667 bits per heavy atom. The van der Waals surface area contributed by atoms with Crippen LogP contribution in [0.3, 0.4) is 0 Å². The third-order valence-corrected chi connectivity index (χ3v) is 7.85. The lowest BCUT2D eigenvalue weighted by Gasteiger charge is -2.12. The second-order valence-electron chi connectivity index (χ2n) is 11.8. The number of aryl methyl sites for hydroxylation is 2. The van der Waals surface area contributed by atoms with Crippen LogP contribution < -0.4 is 4.74 Å². The van der Waals surface area contributed by atoms with E-state index in [0.29, 0.717) is 22.8 Å². The van der Waals surface area contributed by atoms with Crippen molar-refractivity contribution in [2.45, 2.75) is 91.4 Å². The highest BCUT2D eigenvalue weighted by Crippen LogP contribution is 2.32. The van der Waals surface area contributed by atoms with E-state index in [-0.39, 0.29) is 11.5 Å². The topological polar surface area (TPSA) is 66.8 Å². The zero-order valence-corrected chi connectivity index (χ0v) is 29.7. The highest BCUT2D eigenvalue weighted by molar-refractivity contribution is 6.32. The Bertz CT molecular complexity index is 1480. The molecule has 0 spiro atoms. The molecule has 2 rings (SSSR count). The first-order valence-electron chi connectivity index (χ1n) is 17.2. The van der Waals surface area contributed by atoms with E-state index in [1.54, 1.807) is 24.3 Å². The molecule has 0 saturated heterocycles. The summed E-state index contributed by atoms with van der Waals surface area (Å²) >= 11 is 6.01. The van der Waals surface area contributed by atoms with Crippen LogP contribution in [0.5, 0.6) is 17.2 Å². The van der Waals surface area contributed by atoms with E-state index in [9.17, 15) is 15.0 Å². The molecule has 0 aliphatic rings. The summed E-state index contributed by atoms with van der Waals surface area (Å²) in [5.74, 6) is 0.279. The number of carbonyl (C=O) groups is 1. The standard InChI is InChI=1S/C43H53ClO4/c1-4-5-6-7-8-9-17-20-23-26-29-38-40(45)31-35(2)32-41(38)48-42(46)30-27-24-21-18-15-13-11-10-12-14-16-19-22-25-28-37-33-36(3)43(47)39(44)34-37/h10-16,18-19,21-22,24-25,27-28,30-34,45,47H,4-9,17,20,23,26,29H2,1-3H3. The van der Waals surface area contributed by atoms with Crippen LogP contribution >= 0.6 is 11.6 Å². The van der Waals surface area contributed by atoms with Gasteiger partial charge in [0, 0.05) is 11.6 Å². The third kappa shape index (κ3) is 17.6. The maximum atomic E-state index is 12.5. The maximum absolute atomic E-state index is 12.5. The number of halogens is 1. The summed E-state index contributed by atoms with van der Waals surface area (Å²) in [6.07, 6.45) is 42.8. The van der Waals surface area contributed by atoms with Crippen molar-refractivity contribution in [2.75, 3.05) is 0 Å². The number of hydrogen-bond acceptors (Lipinski definition) is 4. The second-order valence-corrected chi connectivity index (χ2v) is 12.2. The Hall–Kier alpha value is -4.28. The van der Waals surface area contributed by atoms with E-state index in [1.807, 2.05) is 105 Å². The van der Waals surface area contributed by atoms with Crippen LogP contribution in [0.4, 0.5) is 0 Å². The van der Waals surface area contributed by atoms with Crippen molar-refractivity contribution in [2.24, 2.45) is 0 Å². The summed E-state index contributed by atoms with van der Waals surface area (Å²) in [6.45, 7) is 5.94. The average molecular weight is 669 g/mol. The molecular formula is C43H53ClO4. The number of benzene rings is 2. The number of carbonyl (C=O) groups excluding carboxylic acids is 1. The van der Waals surface area contributed by atoms with Gasteiger partial charge in [0.05, 0.1) is 5.02 Å². The highest BCUT2D eigenvalue weighted by Gasteiger charge is 2.13. The molecule has 0 fully saturated rings. The van der Waals surface area contributed by atoms with Crippen LogP contribution in [0.2, 0.25) is 5.02 Å². The maximum Gasteiger partial charge on any atom is 0.336 e. The Kier molecular flexibility index (Phi) is 20.6. The van der Waals surface area contributed by atoms with Gasteiger partial charge in [-0.3, -0.25) is 0 Å². The fourth-order valence-electron chi connectivity index (χ4n) is 4.97. The van der Waals surface area contributed by atoms with Crippen LogP contribution in [0.25, 0.3) is 6.08 Å². The zero-order valence-electron chi connectivity index (χ0n) is 28.9. The fourth-order valence-corrected chi connectivity index (χ4v) is 5.24. The van der Waals surface area contributed by atoms with E-state index in [1.165, 1.54) is 57.4 Å². The number of ether oxygens (including phenoxy) is 1. The number of rotatable bonds is 21. The lowest BCUT2D eigenvalue weighted by molar-refractivity contribution is -0.129. The lowest BCUT2D eigenvalue weighted by Crippen LogP contribution is -2.06. The van der Waals surface area contributed by atoms with Gasteiger partial charge in [-0.15, -0.1) is 0 Å². The monoisotopic (exact) mass is 668 g/mol.